The Morgan fingerprint density at radius 3 is 2.82 bits per heavy atom. The van der Waals surface area contributed by atoms with Crippen molar-refractivity contribution in [3.8, 4) is 0 Å². The van der Waals surface area contributed by atoms with E-state index < -0.39 is 0 Å². The van der Waals surface area contributed by atoms with E-state index in [0.717, 1.165) is 25.0 Å². The van der Waals surface area contributed by atoms with E-state index in [9.17, 15) is 0 Å². The molecule has 1 aliphatic rings. The van der Waals surface area contributed by atoms with Crippen molar-refractivity contribution < 1.29 is 0 Å². The molecule has 1 aliphatic carbocycles. The zero-order chi connectivity index (χ0) is 7.73. The summed E-state index contributed by atoms with van der Waals surface area (Å²) in [5.74, 6) is 0. The highest BCUT2D eigenvalue weighted by Gasteiger charge is 2.38. The lowest BCUT2D eigenvalue weighted by Gasteiger charge is -2.05. The van der Waals surface area contributed by atoms with Crippen LogP contribution in [0, 0.1) is 0 Å². The first-order valence-electron chi connectivity index (χ1n) is 3.82. The van der Waals surface area contributed by atoms with E-state index in [0.29, 0.717) is 0 Å². The summed E-state index contributed by atoms with van der Waals surface area (Å²) in [5.41, 5.74) is 6.97. The predicted octanol–water partition coefficient (Wildman–Crippen LogP) is 0.510. The standard InChI is InChI=1S/C8H11N3/c9-8(1-2-8)5-7-6-10-3-4-11-7/h3-4,6H,1-2,5,9H2. The van der Waals surface area contributed by atoms with Gasteiger partial charge in [0.1, 0.15) is 0 Å². The van der Waals surface area contributed by atoms with Gasteiger partial charge in [-0.2, -0.15) is 0 Å². The van der Waals surface area contributed by atoms with Crippen molar-refractivity contribution in [3.05, 3.63) is 24.3 Å². The first-order valence-corrected chi connectivity index (χ1v) is 3.82. The Bertz CT molecular complexity index is 241. The van der Waals surface area contributed by atoms with Crippen molar-refractivity contribution >= 4 is 0 Å². The lowest BCUT2D eigenvalue weighted by atomic mass is 10.1. The van der Waals surface area contributed by atoms with E-state index in [1.165, 1.54) is 0 Å². The summed E-state index contributed by atoms with van der Waals surface area (Å²) in [5, 5.41) is 0. The highest BCUT2D eigenvalue weighted by molar-refractivity contribution is 5.09. The Balaban J connectivity index is 2.07. The third kappa shape index (κ3) is 1.54. The minimum absolute atomic E-state index is 0.0516. The summed E-state index contributed by atoms with van der Waals surface area (Å²) in [6.07, 6.45) is 8.31. The Morgan fingerprint density at radius 2 is 2.27 bits per heavy atom. The van der Waals surface area contributed by atoms with Gasteiger partial charge in [0.2, 0.25) is 0 Å². The molecule has 0 atom stereocenters. The maximum Gasteiger partial charge on any atom is 0.0604 e. The second-order valence-corrected chi connectivity index (χ2v) is 3.24. The summed E-state index contributed by atoms with van der Waals surface area (Å²) >= 11 is 0. The summed E-state index contributed by atoms with van der Waals surface area (Å²) in [6.45, 7) is 0. The Morgan fingerprint density at radius 1 is 1.45 bits per heavy atom. The Labute approximate surface area is 65.7 Å². The molecule has 3 heteroatoms. The van der Waals surface area contributed by atoms with Crippen molar-refractivity contribution in [1.82, 2.24) is 9.97 Å². The molecule has 1 fully saturated rings. The van der Waals surface area contributed by atoms with Crippen LogP contribution in [0.1, 0.15) is 18.5 Å². The van der Waals surface area contributed by atoms with Gasteiger partial charge in [0.15, 0.2) is 0 Å². The highest BCUT2D eigenvalue weighted by Crippen LogP contribution is 2.34. The molecule has 1 heterocycles. The molecule has 0 bridgehead atoms. The summed E-state index contributed by atoms with van der Waals surface area (Å²) in [4.78, 5) is 8.14. The molecule has 0 amide bonds. The van der Waals surface area contributed by atoms with Gasteiger partial charge in [0.25, 0.3) is 0 Å². The molecular weight excluding hydrogens is 138 g/mol. The fourth-order valence-electron chi connectivity index (χ4n) is 1.12. The number of nitrogens with two attached hydrogens (primary N) is 1. The van der Waals surface area contributed by atoms with Gasteiger partial charge in [-0.15, -0.1) is 0 Å². The molecule has 0 aromatic carbocycles. The van der Waals surface area contributed by atoms with E-state index in [1.54, 1.807) is 18.6 Å². The van der Waals surface area contributed by atoms with Crippen molar-refractivity contribution in [2.45, 2.75) is 24.8 Å². The maximum atomic E-state index is 5.91. The monoisotopic (exact) mass is 149 g/mol. The van der Waals surface area contributed by atoms with Crippen LogP contribution >= 0.6 is 0 Å². The highest BCUT2D eigenvalue weighted by atomic mass is 14.8. The predicted molar refractivity (Wildman–Crippen MR) is 41.9 cm³/mol. The molecule has 0 saturated heterocycles. The van der Waals surface area contributed by atoms with Gasteiger partial charge in [-0.1, -0.05) is 0 Å². The van der Waals surface area contributed by atoms with Crippen LogP contribution in [-0.2, 0) is 6.42 Å². The third-order valence-electron chi connectivity index (χ3n) is 2.04. The molecule has 1 saturated carbocycles. The van der Waals surface area contributed by atoms with E-state index in [-0.39, 0.29) is 5.54 Å². The summed E-state index contributed by atoms with van der Waals surface area (Å²) in [6, 6.07) is 0. The first-order chi connectivity index (χ1) is 5.29. The van der Waals surface area contributed by atoms with Gasteiger partial charge in [-0.25, -0.2) is 0 Å². The molecule has 0 radical (unpaired) electrons. The van der Waals surface area contributed by atoms with E-state index >= 15 is 0 Å². The van der Waals surface area contributed by atoms with Gasteiger partial charge in [-0.05, 0) is 12.8 Å². The quantitative estimate of drug-likeness (QED) is 0.666. The molecule has 0 aliphatic heterocycles. The van der Waals surface area contributed by atoms with Crippen LogP contribution < -0.4 is 5.73 Å². The zero-order valence-corrected chi connectivity index (χ0v) is 6.33. The van der Waals surface area contributed by atoms with Crippen molar-refractivity contribution in [1.29, 1.82) is 0 Å². The fraction of sp³-hybridized carbons (Fsp3) is 0.500. The number of hydrogen-bond donors (Lipinski definition) is 1. The minimum atomic E-state index is 0.0516. The second-order valence-electron chi connectivity index (χ2n) is 3.24. The average Bonchev–Trinajstić information content (AvgIpc) is 2.70. The zero-order valence-electron chi connectivity index (χ0n) is 6.33. The molecule has 0 spiro atoms. The van der Waals surface area contributed by atoms with Crippen LogP contribution in [-0.4, -0.2) is 15.5 Å². The van der Waals surface area contributed by atoms with Crippen molar-refractivity contribution in [3.63, 3.8) is 0 Å². The molecule has 1 aromatic heterocycles. The SMILES string of the molecule is NC1(Cc2cnccn2)CC1. The maximum absolute atomic E-state index is 5.91. The Kier molecular flexibility index (Phi) is 1.39. The number of hydrogen-bond acceptors (Lipinski definition) is 3. The van der Waals surface area contributed by atoms with Crippen LogP contribution in [0.2, 0.25) is 0 Å². The summed E-state index contributed by atoms with van der Waals surface area (Å²) in [7, 11) is 0. The van der Waals surface area contributed by atoms with Gasteiger partial charge in [0.05, 0.1) is 5.69 Å². The van der Waals surface area contributed by atoms with Gasteiger partial charge in [0, 0.05) is 30.6 Å². The van der Waals surface area contributed by atoms with Gasteiger partial charge in [-0.3, -0.25) is 9.97 Å². The Hall–Kier alpha value is -0.960. The van der Waals surface area contributed by atoms with Gasteiger partial charge >= 0.3 is 0 Å². The summed E-state index contributed by atoms with van der Waals surface area (Å²) < 4.78 is 0. The topological polar surface area (TPSA) is 51.8 Å². The second kappa shape index (κ2) is 2.27. The van der Waals surface area contributed by atoms with Crippen LogP contribution in [0.25, 0.3) is 0 Å². The van der Waals surface area contributed by atoms with E-state index in [2.05, 4.69) is 9.97 Å². The smallest absolute Gasteiger partial charge is 0.0604 e. The largest absolute Gasteiger partial charge is 0.325 e. The van der Waals surface area contributed by atoms with Crippen LogP contribution in [0.3, 0.4) is 0 Å². The molecule has 3 nitrogen and oxygen atoms in total. The molecule has 0 unspecified atom stereocenters. The lowest BCUT2D eigenvalue weighted by molar-refractivity contribution is 0.657. The van der Waals surface area contributed by atoms with Crippen LogP contribution in [0.4, 0.5) is 0 Å². The fourth-order valence-corrected chi connectivity index (χ4v) is 1.12. The molecule has 2 N–H and O–H groups in total. The normalized spacial score (nSPS) is 19.7. The number of nitrogens with zero attached hydrogens (tertiary/aromatic N) is 2. The molecular formula is C8H11N3. The molecule has 58 valence electrons. The van der Waals surface area contributed by atoms with E-state index in [4.69, 9.17) is 5.73 Å². The lowest BCUT2D eigenvalue weighted by Crippen LogP contribution is -2.24. The first kappa shape index (κ1) is 6.73. The number of aromatic nitrogens is 2. The van der Waals surface area contributed by atoms with Gasteiger partial charge < -0.3 is 5.73 Å². The molecule has 11 heavy (non-hydrogen) atoms. The third-order valence-corrected chi connectivity index (χ3v) is 2.04. The average molecular weight is 149 g/mol. The molecule has 1 aromatic rings. The van der Waals surface area contributed by atoms with Crippen LogP contribution in [0.5, 0.6) is 0 Å². The number of rotatable bonds is 2. The molecule has 2 rings (SSSR count). The van der Waals surface area contributed by atoms with Crippen molar-refractivity contribution in [2.75, 3.05) is 0 Å². The van der Waals surface area contributed by atoms with Crippen molar-refractivity contribution in [2.24, 2.45) is 5.73 Å². The minimum Gasteiger partial charge on any atom is -0.325 e. The van der Waals surface area contributed by atoms with E-state index in [1.807, 2.05) is 0 Å². The van der Waals surface area contributed by atoms with Crippen LogP contribution in [0.15, 0.2) is 18.6 Å².